The number of carbonyl (C=O) groups excluding carboxylic acids is 1. The summed E-state index contributed by atoms with van der Waals surface area (Å²) in [5.41, 5.74) is 1.33. The highest BCUT2D eigenvalue weighted by molar-refractivity contribution is 5.92. The minimum Gasteiger partial charge on any atom is -0.496 e. The molecule has 6 nitrogen and oxygen atoms in total. The van der Waals surface area contributed by atoms with Crippen LogP contribution >= 0.6 is 0 Å². The molecule has 0 saturated heterocycles. The van der Waals surface area contributed by atoms with E-state index in [0.29, 0.717) is 25.3 Å². The van der Waals surface area contributed by atoms with Gasteiger partial charge >= 0.3 is 0 Å². The first-order chi connectivity index (χ1) is 11.2. The first-order valence-electron chi connectivity index (χ1n) is 7.33. The summed E-state index contributed by atoms with van der Waals surface area (Å²) in [6.07, 6.45) is 2.41. The number of aromatic nitrogens is 2. The highest BCUT2D eigenvalue weighted by Crippen LogP contribution is 2.17. The molecule has 1 aromatic carbocycles. The number of carbonyl (C=O) groups is 1. The Balaban J connectivity index is 1.86. The highest BCUT2D eigenvalue weighted by Gasteiger charge is 2.08. The molecule has 120 valence electrons. The Bertz CT molecular complexity index is 656. The van der Waals surface area contributed by atoms with E-state index in [9.17, 15) is 4.79 Å². The molecule has 23 heavy (non-hydrogen) atoms. The van der Waals surface area contributed by atoms with Gasteiger partial charge in [-0.2, -0.15) is 0 Å². The number of nitrogens with one attached hydrogen (secondary N) is 2. The molecule has 0 unspecified atom stereocenters. The molecule has 0 radical (unpaired) electrons. The van der Waals surface area contributed by atoms with E-state index in [1.165, 1.54) is 0 Å². The van der Waals surface area contributed by atoms with E-state index >= 15 is 0 Å². The zero-order valence-corrected chi connectivity index (χ0v) is 13.1. The number of benzene rings is 1. The van der Waals surface area contributed by atoms with Crippen molar-refractivity contribution in [3.63, 3.8) is 0 Å². The van der Waals surface area contributed by atoms with Gasteiger partial charge in [0.05, 0.1) is 7.11 Å². The quantitative estimate of drug-likeness (QED) is 0.730. The van der Waals surface area contributed by atoms with E-state index in [-0.39, 0.29) is 11.6 Å². The fourth-order valence-corrected chi connectivity index (χ4v) is 2.04. The minimum atomic E-state index is -0.248. The van der Waals surface area contributed by atoms with Crippen LogP contribution < -0.4 is 15.4 Å². The Hall–Kier alpha value is -2.89. The molecular weight excluding hydrogens is 292 g/mol. The van der Waals surface area contributed by atoms with E-state index in [1.807, 2.05) is 24.3 Å². The molecule has 2 aromatic rings. The van der Waals surface area contributed by atoms with Crippen LogP contribution in [0.25, 0.3) is 0 Å². The van der Waals surface area contributed by atoms with Gasteiger partial charge in [-0.05, 0) is 30.2 Å². The number of para-hydroxylation sites is 1. The molecule has 2 rings (SSSR count). The lowest BCUT2D eigenvalue weighted by Gasteiger charge is -2.09. The Labute approximate surface area is 135 Å². The van der Waals surface area contributed by atoms with Crippen molar-refractivity contribution in [3.05, 3.63) is 60.3 Å². The van der Waals surface area contributed by atoms with Gasteiger partial charge in [0.25, 0.3) is 5.91 Å². The van der Waals surface area contributed by atoms with Crippen molar-refractivity contribution in [2.45, 2.75) is 6.42 Å². The summed E-state index contributed by atoms with van der Waals surface area (Å²) in [6.45, 7) is 4.70. The topological polar surface area (TPSA) is 76.1 Å². The maximum absolute atomic E-state index is 12.0. The van der Waals surface area contributed by atoms with E-state index in [2.05, 4.69) is 27.4 Å². The second kappa shape index (κ2) is 8.53. The maximum atomic E-state index is 12.0. The standard InChI is InChI=1S/C17H20N4O2/c1-3-11-18-16-9-8-14(20-21-16)17(22)19-12-10-13-6-4-5-7-15(13)23-2/h3-9H,1,10-12H2,2H3,(H,18,21)(H,19,22). The van der Waals surface area contributed by atoms with Crippen molar-refractivity contribution in [2.24, 2.45) is 0 Å². The van der Waals surface area contributed by atoms with Crippen LogP contribution in [-0.2, 0) is 6.42 Å². The monoisotopic (exact) mass is 312 g/mol. The fourth-order valence-electron chi connectivity index (χ4n) is 2.04. The summed E-state index contributed by atoms with van der Waals surface area (Å²) < 4.78 is 5.28. The second-order valence-electron chi connectivity index (χ2n) is 4.79. The summed E-state index contributed by atoms with van der Waals surface area (Å²) in [7, 11) is 1.63. The average molecular weight is 312 g/mol. The summed E-state index contributed by atoms with van der Waals surface area (Å²) >= 11 is 0. The van der Waals surface area contributed by atoms with Crippen LogP contribution in [0.2, 0.25) is 0 Å². The number of hydrogen-bond donors (Lipinski definition) is 2. The largest absolute Gasteiger partial charge is 0.496 e. The van der Waals surface area contributed by atoms with Crippen LogP contribution in [0.3, 0.4) is 0 Å². The minimum absolute atomic E-state index is 0.248. The molecule has 1 aromatic heterocycles. The normalized spacial score (nSPS) is 9.96. The number of hydrogen-bond acceptors (Lipinski definition) is 5. The van der Waals surface area contributed by atoms with Crippen LogP contribution in [0.1, 0.15) is 16.1 Å². The molecule has 0 bridgehead atoms. The van der Waals surface area contributed by atoms with Gasteiger partial charge in [0.15, 0.2) is 5.69 Å². The summed E-state index contributed by atoms with van der Waals surface area (Å²) in [6, 6.07) is 11.1. The van der Waals surface area contributed by atoms with Gasteiger partial charge in [-0.1, -0.05) is 24.3 Å². The Kier molecular flexibility index (Phi) is 6.11. The molecule has 0 aliphatic rings. The van der Waals surface area contributed by atoms with Crippen molar-refractivity contribution >= 4 is 11.7 Å². The third kappa shape index (κ3) is 4.81. The zero-order chi connectivity index (χ0) is 16.5. The van der Waals surface area contributed by atoms with Crippen LogP contribution in [0.5, 0.6) is 5.75 Å². The van der Waals surface area contributed by atoms with Crippen LogP contribution in [0, 0.1) is 0 Å². The fraction of sp³-hybridized carbons (Fsp3) is 0.235. The van der Waals surface area contributed by atoms with Gasteiger partial charge in [0, 0.05) is 13.1 Å². The van der Waals surface area contributed by atoms with Gasteiger partial charge in [0.1, 0.15) is 11.6 Å². The summed E-state index contributed by atoms with van der Waals surface area (Å²) in [5.74, 6) is 1.18. The van der Waals surface area contributed by atoms with Gasteiger partial charge < -0.3 is 15.4 Å². The first kappa shape index (κ1) is 16.5. The maximum Gasteiger partial charge on any atom is 0.271 e. The van der Waals surface area contributed by atoms with Gasteiger partial charge in [-0.3, -0.25) is 4.79 Å². The highest BCUT2D eigenvalue weighted by atomic mass is 16.5. The number of amides is 1. The molecule has 0 aliphatic carbocycles. The van der Waals surface area contributed by atoms with Gasteiger partial charge in [-0.15, -0.1) is 16.8 Å². The van der Waals surface area contributed by atoms with Gasteiger partial charge in [0.2, 0.25) is 0 Å². The number of methoxy groups -OCH3 is 1. The zero-order valence-electron chi connectivity index (χ0n) is 13.1. The van der Waals surface area contributed by atoms with Crippen molar-refractivity contribution in [1.29, 1.82) is 0 Å². The molecule has 0 spiro atoms. The molecule has 6 heteroatoms. The molecule has 1 heterocycles. The van der Waals surface area contributed by atoms with Crippen molar-refractivity contribution in [3.8, 4) is 5.75 Å². The lowest BCUT2D eigenvalue weighted by Crippen LogP contribution is -2.27. The van der Waals surface area contributed by atoms with Gasteiger partial charge in [-0.25, -0.2) is 0 Å². The van der Waals surface area contributed by atoms with Crippen molar-refractivity contribution in [2.75, 3.05) is 25.5 Å². The van der Waals surface area contributed by atoms with E-state index < -0.39 is 0 Å². The predicted octanol–water partition coefficient (Wildman–Crippen LogP) is 2.06. The molecule has 0 fully saturated rings. The second-order valence-corrected chi connectivity index (χ2v) is 4.79. The molecule has 1 amide bonds. The number of anilines is 1. The van der Waals surface area contributed by atoms with E-state index in [0.717, 1.165) is 11.3 Å². The summed E-state index contributed by atoms with van der Waals surface area (Å²) in [5, 5.41) is 13.7. The lowest BCUT2D eigenvalue weighted by molar-refractivity contribution is 0.0948. The smallest absolute Gasteiger partial charge is 0.271 e. The number of rotatable bonds is 8. The van der Waals surface area contributed by atoms with Crippen molar-refractivity contribution < 1.29 is 9.53 Å². The Morgan fingerprint density at radius 2 is 2.09 bits per heavy atom. The van der Waals surface area contributed by atoms with Crippen LogP contribution in [0.15, 0.2) is 49.1 Å². The predicted molar refractivity (Wildman–Crippen MR) is 89.7 cm³/mol. The number of ether oxygens (including phenoxy) is 1. The first-order valence-corrected chi connectivity index (χ1v) is 7.33. The molecule has 0 saturated carbocycles. The third-order valence-corrected chi connectivity index (χ3v) is 3.20. The van der Waals surface area contributed by atoms with Crippen LogP contribution in [0.4, 0.5) is 5.82 Å². The van der Waals surface area contributed by atoms with E-state index in [1.54, 1.807) is 25.3 Å². The Morgan fingerprint density at radius 3 is 2.78 bits per heavy atom. The summed E-state index contributed by atoms with van der Waals surface area (Å²) in [4.78, 5) is 12.0. The SMILES string of the molecule is C=CCNc1ccc(C(=O)NCCc2ccccc2OC)nn1. The Morgan fingerprint density at radius 1 is 1.26 bits per heavy atom. The van der Waals surface area contributed by atoms with E-state index in [4.69, 9.17) is 4.74 Å². The molecule has 0 atom stereocenters. The van der Waals surface area contributed by atoms with Crippen LogP contribution in [-0.4, -0.2) is 36.3 Å². The molecule has 0 aliphatic heterocycles. The third-order valence-electron chi connectivity index (χ3n) is 3.20. The average Bonchev–Trinajstić information content (AvgIpc) is 2.60. The van der Waals surface area contributed by atoms with Crippen molar-refractivity contribution in [1.82, 2.24) is 15.5 Å². The lowest BCUT2D eigenvalue weighted by atomic mass is 10.1. The molecule has 2 N–H and O–H groups in total. The number of nitrogens with zero attached hydrogens (tertiary/aromatic N) is 2. The molecular formula is C17H20N4O2.